The number of halogens is 9. The number of nitrogens with one attached hydrogen (secondary N) is 1. The summed E-state index contributed by atoms with van der Waals surface area (Å²) >= 11 is 6.14. The number of rotatable bonds is 5. The van der Waals surface area contributed by atoms with Crippen LogP contribution in [0.1, 0.15) is 21.6 Å². The first-order chi connectivity index (χ1) is 17.6. The molecular formula is C23H14ClF8N5O. The van der Waals surface area contributed by atoms with E-state index in [-0.39, 0.29) is 26.4 Å². The van der Waals surface area contributed by atoms with Crippen molar-refractivity contribution in [2.75, 3.05) is 5.32 Å². The van der Waals surface area contributed by atoms with Gasteiger partial charge < -0.3 is 5.32 Å². The summed E-state index contributed by atoms with van der Waals surface area (Å²) in [5.74, 6) is -7.65. The minimum atomic E-state index is -6.33. The van der Waals surface area contributed by atoms with Gasteiger partial charge in [0.25, 0.3) is 5.91 Å². The Labute approximate surface area is 213 Å². The summed E-state index contributed by atoms with van der Waals surface area (Å²) < 4.78 is 109. The van der Waals surface area contributed by atoms with Gasteiger partial charge >= 0.3 is 18.3 Å². The molecule has 0 aliphatic carbocycles. The number of hydrogen-bond acceptors (Lipinski definition) is 3. The molecule has 0 saturated carbocycles. The average molecular weight is 564 g/mol. The minimum absolute atomic E-state index is 0.00406. The Kier molecular flexibility index (Phi) is 6.72. The second-order valence-electron chi connectivity index (χ2n) is 7.93. The van der Waals surface area contributed by atoms with Crippen molar-refractivity contribution in [3.63, 3.8) is 0 Å². The van der Waals surface area contributed by atoms with E-state index in [9.17, 15) is 39.9 Å². The maximum atomic E-state index is 14.0. The molecule has 0 aliphatic heterocycles. The SMILES string of the molecule is Cn1nc(C(F)(F)C(F)(F)F)c(C(F)(F)F)c1-n1cc(-c2ccc(Cl)c(C(=O)Nc3ccccc3)c2)cn1. The fourth-order valence-electron chi connectivity index (χ4n) is 3.58. The van der Waals surface area contributed by atoms with Gasteiger partial charge in [0.15, 0.2) is 11.5 Å². The lowest BCUT2D eigenvalue weighted by Crippen LogP contribution is -2.36. The highest BCUT2D eigenvalue weighted by Gasteiger charge is 2.64. The van der Waals surface area contributed by atoms with E-state index in [0.29, 0.717) is 10.4 Å². The number of aryl methyl sites for hydroxylation is 1. The minimum Gasteiger partial charge on any atom is -0.322 e. The van der Waals surface area contributed by atoms with E-state index < -0.39 is 41.3 Å². The Hall–Kier alpha value is -3.94. The average Bonchev–Trinajstić information content (AvgIpc) is 3.44. The molecule has 2 aromatic heterocycles. The Bertz CT molecular complexity index is 1490. The number of carbonyl (C=O) groups excluding carboxylic acids is 1. The maximum Gasteiger partial charge on any atom is 0.459 e. The first kappa shape index (κ1) is 27.1. The van der Waals surface area contributed by atoms with Crippen molar-refractivity contribution in [2.45, 2.75) is 18.3 Å². The first-order valence-electron chi connectivity index (χ1n) is 10.4. The van der Waals surface area contributed by atoms with Gasteiger partial charge in [-0.1, -0.05) is 35.9 Å². The summed E-state index contributed by atoms with van der Waals surface area (Å²) in [4.78, 5) is 12.7. The van der Waals surface area contributed by atoms with Gasteiger partial charge in [0, 0.05) is 24.5 Å². The number of para-hydroxylation sites is 1. The number of aromatic nitrogens is 4. The lowest BCUT2D eigenvalue weighted by Gasteiger charge is -2.19. The van der Waals surface area contributed by atoms with Crippen LogP contribution >= 0.6 is 11.6 Å². The van der Waals surface area contributed by atoms with E-state index >= 15 is 0 Å². The highest BCUT2D eigenvalue weighted by molar-refractivity contribution is 6.34. The van der Waals surface area contributed by atoms with E-state index in [1.54, 1.807) is 30.3 Å². The third-order valence-electron chi connectivity index (χ3n) is 5.33. The fraction of sp³-hybridized carbons (Fsp3) is 0.174. The van der Waals surface area contributed by atoms with Gasteiger partial charge in [-0.3, -0.25) is 4.79 Å². The standard InChI is InChI=1S/C23H14ClF8N5O/c1-36-20(17(22(27,28)29)18(35-36)21(25,26)23(30,31)32)37-11-13(10-33-37)12-7-8-16(24)15(9-12)19(38)34-14-5-3-2-4-6-14/h2-11H,1H3,(H,34,38). The fourth-order valence-corrected chi connectivity index (χ4v) is 3.78. The molecule has 1 N–H and O–H groups in total. The van der Waals surface area contributed by atoms with E-state index in [1.165, 1.54) is 18.2 Å². The summed E-state index contributed by atoms with van der Waals surface area (Å²) in [6, 6.07) is 12.4. The Morgan fingerprint density at radius 1 is 0.947 bits per heavy atom. The van der Waals surface area contributed by atoms with Gasteiger partial charge in [0.1, 0.15) is 5.56 Å². The molecule has 4 aromatic rings. The van der Waals surface area contributed by atoms with E-state index in [2.05, 4.69) is 15.5 Å². The molecule has 0 fully saturated rings. The molecule has 4 rings (SSSR count). The molecule has 0 bridgehead atoms. The van der Waals surface area contributed by atoms with E-state index in [1.807, 2.05) is 0 Å². The lowest BCUT2D eigenvalue weighted by atomic mass is 10.1. The van der Waals surface area contributed by atoms with Crippen molar-refractivity contribution in [1.82, 2.24) is 19.6 Å². The Balaban J connectivity index is 1.76. The van der Waals surface area contributed by atoms with Gasteiger partial charge in [0.2, 0.25) is 0 Å². The zero-order chi connectivity index (χ0) is 28.0. The summed E-state index contributed by atoms with van der Waals surface area (Å²) in [5, 5.41) is 9.25. The molecule has 2 aromatic carbocycles. The van der Waals surface area contributed by atoms with Crippen LogP contribution in [-0.4, -0.2) is 31.6 Å². The van der Waals surface area contributed by atoms with Crippen molar-refractivity contribution in [1.29, 1.82) is 0 Å². The number of anilines is 1. The zero-order valence-corrected chi connectivity index (χ0v) is 19.6. The van der Waals surface area contributed by atoms with Gasteiger partial charge in [-0.2, -0.15) is 45.3 Å². The molecular weight excluding hydrogens is 550 g/mol. The maximum absolute atomic E-state index is 14.0. The molecule has 0 unspecified atom stereocenters. The molecule has 0 spiro atoms. The predicted octanol–water partition coefficient (Wildman–Crippen LogP) is 6.85. The largest absolute Gasteiger partial charge is 0.459 e. The molecule has 0 atom stereocenters. The van der Waals surface area contributed by atoms with Crippen LogP contribution in [0.3, 0.4) is 0 Å². The smallest absolute Gasteiger partial charge is 0.322 e. The highest BCUT2D eigenvalue weighted by atomic mass is 35.5. The quantitative estimate of drug-likeness (QED) is 0.270. The van der Waals surface area contributed by atoms with Crippen LogP contribution in [0.4, 0.5) is 40.8 Å². The van der Waals surface area contributed by atoms with Crippen molar-refractivity contribution in [3.05, 3.63) is 82.8 Å². The molecule has 200 valence electrons. The first-order valence-corrected chi connectivity index (χ1v) is 10.8. The summed E-state index contributed by atoms with van der Waals surface area (Å²) in [6.45, 7) is 0. The van der Waals surface area contributed by atoms with Crippen LogP contribution in [0, 0.1) is 0 Å². The van der Waals surface area contributed by atoms with Crippen molar-refractivity contribution < 1.29 is 39.9 Å². The van der Waals surface area contributed by atoms with Crippen molar-refractivity contribution in [3.8, 4) is 16.9 Å². The molecule has 0 aliphatic rings. The summed E-state index contributed by atoms with van der Waals surface area (Å²) in [7, 11) is 0.774. The molecule has 2 heterocycles. The summed E-state index contributed by atoms with van der Waals surface area (Å²) in [5.41, 5.74) is -3.97. The second-order valence-corrected chi connectivity index (χ2v) is 8.34. The number of carbonyl (C=O) groups is 1. The van der Waals surface area contributed by atoms with Gasteiger partial charge in [-0.15, -0.1) is 0 Å². The van der Waals surface area contributed by atoms with Gasteiger partial charge in [0.05, 0.1) is 16.8 Å². The number of benzene rings is 2. The highest BCUT2D eigenvalue weighted by Crippen LogP contribution is 2.49. The number of amides is 1. The third kappa shape index (κ3) is 4.95. The van der Waals surface area contributed by atoms with Gasteiger partial charge in [-0.05, 0) is 29.8 Å². The number of alkyl halides is 8. The molecule has 15 heteroatoms. The molecule has 0 radical (unpaired) electrons. The predicted molar refractivity (Wildman–Crippen MR) is 120 cm³/mol. The van der Waals surface area contributed by atoms with Crippen molar-refractivity contribution in [2.24, 2.45) is 7.05 Å². The molecule has 0 saturated heterocycles. The zero-order valence-electron chi connectivity index (χ0n) is 18.9. The number of nitrogens with zero attached hydrogens (tertiary/aromatic N) is 4. The molecule has 6 nitrogen and oxygen atoms in total. The van der Waals surface area contributed by atoms with Gasteiger partial charge in [-0.25, -0.2) is 9.36 Å². The third-order valence-corrected chi connectivity index (χ3v) is 5.66. The van der Waals surface area contributed by atoms with Crippen LogP contribution in [0.5, 0.6) is 0 Å². The van der Waals surface area contributed by atoms with Crippen LogP contribution in [-0.2, 0) is 19.1 Å². The van der Waals surface area contributed by atoms with Crippen LogP contribution in [0.2, 0.25) is 5.02 Å². The monoisotopic (exact) mass is 563 g/mol. The normalized spacial score (nSPS) is 12.6. The lowest BCUT2D eigenvalue weighted by molar-refractivity contribution is -0.292. The molecule has 38 heavy (non-hydrogen) atoms. The Morgan fingerprint density at radius 3 is 2.21 bits per heavy atom. The van der Waals surface area contributed by atoms with E-state index in [0.717, 1.165) is 19.4 Å². The number of hydrogen-bond donors (Lipinski definition) is 1. The summed E-state index contributed by atoms with van der Waals surface area (Å²) in [6.07, 6.45) is -9.96. The van der Waals surface area contributed by atoms with Crippen molar-refractivity contribution >= 4 is 23.2 Å². The topological polar surface area (TPSA) is 64.7 Å². The van der Waals surface area contributed by atoms with Crippen LogP contribution in [0.15, 0.2) is 60.9 Å². The van der Waals surface area contributed by atoms with E-state index in [4.69, 9.17) is 11.6 Å². The van der Waals surface area contributed by atoms with Crippen LogP contribution in [0.25, 0.3) is 16.9 Å². The molecule has 1 amide bonds. The Morgan fingerprint density at radius 2 is 1.61 bits per heavy atom. The second kappa shape index (κ2) is 9.42. The van der Waals surface area contributed by atoms with Crippen LogP contribution < -0.4 is 5.32 Å².